The molecule has 0 aliphatic heterocycles. The van der Waals surface area contributed by atoms with E-state index < -0.39 is 12.3 Å². The largest absolute Gasteiger partial charge is 0.503 e. The van der Waals surface area contributed by atoms with Crippen molar-refractivity contribution < 1.29 is 30.0 Å². The van der Waals surface area contributed by atoms with Gasteiger partial charge in [0, 0.05) is 10.8 Å². The second kappa shape index (κ2) is 13.1. The Kier molecular flexibility index (Phi) is 17.2. The van der Waals surface area contributed by atoms with Gasteiger partial charge in [0.15, 0.2) is 0 Å². The Morgan fingerprint density at radius 1 is 1.07 bits per heavy atom. The van der Waals surface area contributed by atoms with Gasteiger partial charge in [0.2, 0.25) is 0 Å². The van der Waals surface area contributed by atoms with E-state index in [4.69, 9.17) is 53.2 Å². The van der Waals surface area contributed by atoms with Crippen LogP contribution in [-0.2, 0) is 0 Å². The molecule has 0 rings (SSSR count). The fourth-order valence-electron chi connectivity index (χ4n) is 0.325. The Bertz CT molecular complexity index is 153. The monoisotopic (exact) mass is 264 g/mol. The molecule has 0 aliphatic rings. The van der Waals surface area contributed by atoms with Gasteiger partial charge >= 0.3 is 12.3 Å². The van der Waals surface area contributed by atoms with Gasteiger partial charge in [0.05, 0.1) is 0 Å². The second-order valence-electron chi connectivity index (χ2n) is 2.17. The summed E-state index contributed by atoms with van der Waals surface area (Å²) in [5.41, 5.74) is 0. The van der Waals surface area contributed by atoms with Crippen LogP contribution >= 0.6 is 23.2 Å². The molecule has 0 saturated carbocycles. The first-order valence-corrected chi connectivity index (χ1v) is 4.64. The van der Waals surface area contributed by atoms with Gasteiger partial charge in [-0.25, -0.2) is 9.59 Å². The van der Waals surface area contributed by atoms with Gasteiger partial charge in [0.25, 0.3) is 0 Å². The van der Waals surface area contributed by atoms with E-state index in [1.54, 1.807) is 0 Å². The minimum Gasteiger partial charge on any atom is -0.450 e. The number of halogens is 2. The summed E-state index contributed by atoms with van der Waals surface area (Å²) in [4.78, 5) is 17.1. The summed E-state index contributed by atoms with van der Waals surface area (Å²) in [6.07, 6.45) is -2.72. The van der Waals surface area contributed by atoms with E-state index in [1.807, 2.05) is 13.8 Å². The minimum atomic E-state index is -1.83. The average Bonchev–Trinajstić information content (AvgIpc) is 2.00. The van der Waals surface area contributed by atoms with Crippen LogP contribution in [0.3, 0.4) is 0 Å². The molecule has 0 aliphatic carbocycles. The maximum atomic E-state index is 8.56. The molecule has 0 fully saturated rings. The molecule has 8 heteroatoms. The number of rotatable bonds is 2. The Morgan fingerprint density at radius 3 is 1.27 bits per heavy atom. The lowest BCUT2D eigenvalue weighted by molar-refractivity contribution is 0.135. The highest BCUT2D eigenvalue weighted by molar-refractivity contribution is 6.29. The predicted molar refractivity (Wildman–Crippen MR) is 56.6 cm³/mol. The van der Waals surface area contributed by atoms with Gasteiger partial charge < -0.3 is 20.4 Å². The first kappa shape index (κ1) is 19.7. The van der Waals surface area contributed by atoms with Gasteiger partial charge in [-0.2, -0.15) is 0 Å². The lowest BCUT2D eigenvalue weighted by Gasteiger charge is -2.05. The third-order valence-corrected chi connectivity index (χ3v) is 2.01. The molecule has 0 heterocycles. The van der Waals surface area contributed by atoms with Crippen LogP contribution in [-0.4, -0.2) is 43.5 Å². The van der Waals surface area contributed by atoms with E-state index in [0.29, 0.717) is 0 Å². The Balaban J connectivity index is -0.000000155. The maximum absolute atomic E-state index is 8.56. The van der Waals surface area contributed by atoms with Crippen LogP contribution in [0.25, 0.3) is 0 Å². The van der Waals surface area contributed by atoms with Crippen LogP contribution in [0.5, 0.6) is 0 Å². The molecule has 15 heavy (non-hydrogen) atoms. The molecule has 0 spiro atoms. The summed E-state index contributed by atoms with van der Waals surface area (Å²) in [7, 11) is 0. The molecule has 0 aromatic carbocycles. The first-order valence-electron chi connectivity index (χ1n) is 3.77. The maximum Gasteiger partial charge on any atom is 0.503 e. The van der Waals surface area contributed by atoms with Crippen molar-refractivity contribution in [2.75, 3.05) is 0 Å². The summed E-state index contributed by atoms with van der Waals surface area (Å²) < 4.78 is 0. The van der Waals surface area contributed by atoms with Crippen molar-refractivity contribution >= 4 is 35.5 Å². The quantitative estimate of drug-likeness (QED) is 0.570. The normalized spacial score (nSPS) is 12.0. The van der Waals surface area contributed by atoms with Crippen LogP contribution in [0.1, 0.15) is 20.3 Å². The van der Waals surface area contributed by atoms with Gasteiger partial charge in [-0.05, 0) is 13.3 Å². The van der Waals surface area contributed by atoms with Crippen molar-refractivity contribution in [1.82, 2.24) is 0 Å². The van der Waals surface area contributed by atoms with Gasteiger partial charge in [-0.15, -0.1) is 23.2 Å². The molecule has 2 atom stereocenters. The van der Waals surface area contributed by atoms with Crippen LogP contribution < -0.4 is 0 Å². The first-order chi connectivity index (χ1) is 6.64. The van der Waals surface area contributed by atoms with Gasteiger partial charge in [-0.3, -0.25) is 0 Å². The summed E-state index contributed by atoms with van der Waals surface area (Å²) in [6, 6.07) is 0. The number of alkyl halides is 2. The molecular formula is C7H14Cl2O6. The molecule has 0 amide bonds. The Hall–Kier alpha value is -0.880. The minimum absolute atomic E-state index is 0.103. The Labute approximate surface area is 97.0 Å². The van der Waals surface area contributed by atoms with Crippen molar-refractivity contribution in [2.24, 2.45) is 0 Å². The molecule has 0 bridgehead atoms. The molecule has 0 radical (unpaired) electrons. The Morgan fingerprint density at radius 2 is 1.27 bits per heavy atom. The highest BCUT2D eigenvalue weighted by atomic mass is 35.5. The zero-order valence-corrected chi connectivity index (χ0v) is 9.73. The lowest BCUT2D eigenvalue weighted by Crippen LogP contribution is -2.08. The smallest absolute Gasteiger partial charge is 0.450 e. The number of carbonyl (C=O) groups is 2. The van der Waals surface area contributed by atoms with Crippen LogP contribution in [0, 0.1) is 0 Å². The summed E-state index contributed by atoms with van der Waals surface area (Å²) in [5, 5.41) is 28.1. The van der Waals surface area contributed by atoms with Crippen molar-refractivity contribution in [2.45, 2.75) is 31.0 Å². The third kappa shape index (κ3) is 61.9. The fraction of sp³-hybridized carbons (Fsp3) is 0.714. The number of hydrogen-bond donors (Lipinski definition) is 4. The molecule has 2 unspecified atom stereocenters. The lowest BCUT2D eigenvalue weighted by atomic mass is 10.3. The summed E-state index contributed by atoms with van der Waals surface area (Å²) >= 11 is 11.3. The zero-order valence-electron chi connectivity index (χ0n) is 8.22. The molecule has 0 aromatic rings. The second-order valence-corrected chi connectivity index (χ2v) is 3.42. The van der Waals surface area contributed by atoms with Gasteiger partial charge in [0.1, 0.15) is 0 Å². The van der Waals surface area contributed by atoms with E-state index in [0.717, 1.165) is 6.42 Å². The fourth-order valence-corrected chi connectivity index (χ4v) is 0.503. The van der Waals surface area contributed by atoms with E-state index in [2.05, 4.69) is 0 Å². The highest BCUT2D eigenvalue weighted by Crippen LogP contribution is 2.11. The molecule has 4 N–H and O–H groups in total. The molecule has 0 saturated heterocycles. The molecular weight excluding hydrogens is 251 g/mol. The third-order valence-electron chi connectivity index (χ3n) is 0.888. The predicted octanol–water partition coefficient (Wildman–Crippen LogP) is 3.08. The van der Waals surface area contributed by atoms with Crippen molar-refractivity contribution in [3.05, 3.63) is 0 Å². The highest BCUT2D eigenvalue weighted by Gasteiger charge is 2.06. The van der Waals surface area contributed by atoms with Crippen LogP contribution in [0.2, 0.25) is 0 Å². The topological polar surface area (TPSA) is 115 Å². The number of carboxylic acid groups (broad SMARTS) is 4. The van der Waals surface area contributed by atoms with Crippen molar-refractivity contribution in [1.29, 1.82) is 0 Å². The summed E-state index contributed by atoms with van der Waals surface area (Å²) in [6.45, 7) is 3.93. The van der Waals surface area contributed by atoms with Crippen molar-refractivity contribution in [3.63, 3.8) is 0 Å². The number of hydrogen-bond acceptors (Lipinski definition) is 2. The van der Waals surface area contributed by atoms with Gasteiger partial charge in [-0.1, -0.05) is 6.92 Å². The SMILES string of the molecule is CCC(Cl)C(C)Cl.O=C(O)O.O=C(O)O. The molecule has 0 aromatic heterocycles. The zero-order chi connectivity index (χ0) is 13.0. The molecule has 92 valence electrons. The average molecular weight is 265 g/mol. The van der Waals surface area contributed by atoms with Crippen LogP contribution in [0.15, 0.2) is 0 Å². The summed E-state index contributed by atoms with van der Waals surface area (Å²) in [5.74, 6) is 0. The van der Waals surface area contributed by atoms with Crippen LogP contribution in [0.4, 0.5) is 9.59 Å². The molecule has 6 nitrogen and oxygen atoms in total. The van der Waals surface area contributed by atoms with E-state index in [9.17, 15) is 0 Å². The standard InChI is InChI=1S/C5H10Cl2.2CH2O3/c1-3-5(7)4(2)6;2*2-1(3)4/h4-5H,3H2,1-2H3;2*(H2,2,3,4). The van der Waals surface area contributed by atoms with E-state index >= 15 is 0 Å². The van der Waals surface area contributed by atoms with E-state index in [-0.39, 0.29) is 10.8 Å². The van der Waals surface area contributed by atoms with Crippen molar-refractivity contribution in [3.8, 4) is 0 Å². The van der Waals surface area contributed by atoms with E-state index in [1.165, 1.54) is 0 Å².